The van der Waals surface area contributed by atoms with Gasteiger partial charge in [0.15, 0.2) is 0 Å². The second-order valence-corrected chi connectivity index (χ2v) is 9.31. The van der Waals surface area contributed by atoms with Crippen LogP contribution in [0, 0.1) is 12.3 Å². The zero-order chi connectivity index (χ0) is 23.1. The number of aromatic nitrogens is 1. The van der Waals surface area contributed by atoms with Gasteiger partial charge in [0.1, 0.15) is 5.75 Å². The maximum Gasteiger partial charge on any atom is 0.407 e. The van der Waals surface area contributed by atoms with Gasteiger partial charge in [0, 0.05) is 12.5 Å². The number of hydrogen-bond acceptors (Lipinski definition) is 7. The molecule has 5 N–H and O–H groups in total. The molecular formula is C24H39N5O3. The number of carbonyl (C=O) groups excluding carboxylic acids is 1. The van der Waals surface area contributed by atoms with Crippen LogP contribution in [0.15, 0.2) is 17.8 Å². The Labute approximate surface area is 191 Å². The van der Waals surface area contributed by atoms with E-state index in [0.717, 1.165) is 50.0 Å². The predicted molar refractivity (Wildman–Crippen MR) is 125 cm³/mol. The maximum absolute atomic E-state index is 12.2. The van der Waals surface area contributed by atoms with Gasteiger partial charge < -0.3 is 25.5 Å². The number of hydrazine groups is 1. The molecule has 1 heterocycles. The first-order valence-electron chi connectivity index (χ1n) is 11.9. The molecule has 32 heavy (non-hydrogen) atoms. The summed E-state index contributed by atoms with van der Waals surface area (Å²) < 4.78 is 11.6. The van der Waals surface area contributed by atoms with Gasteiger partial charge in [-0.25, -0.2) is 15.6 Å². The molecule has 0 bridgehead atoms. The van der Waals surface area contributed by atoms with Crippen molar-refractivity contribution in [2.45, 2.75) is 77.7 Å². The standard InChI is InChI=1S/C24H39N5O3/c1-4-12-24(13-14-24)16-31-23(30)27-15-20(29(3)26)22(25)19-10-11-21(17(2)28-19)32-18-8-6-5-7-9-18/h10-11,18H,4-9,12-16,25-26H2,1-3H3,(H,27,30)/b22-20-. The third-order valence-electron chi connectivity index (χ3n) is 6.54. The topological polar surface area (TPSA) is 116 Å². The Balaban J connectivity index is 1.61. The van der Waals surface area contributed by atoms with E-state index >= 15 is 0 Å². The normalized spacial score (nSPS) is 18.5. The van der Waals surface area contributed by atoms with Crippen molar-refractivity contribution in [2.24, 2.45) is 17.0 Å². The number of pyridine rings is 1. The summed E-state index contributed by atoms with van der Waals surface area (Å²) in [6, 6.07) is 3.75. The van der Waals surface area contributed by atoms with Crippen LogP contribution < -0.4 is 21.6 Å². The number of aryl methyl sites for hydroxylation is 1. The van der Waals surface area contributed by atoms with Crippen LogP contribution in [0.2, 0.25) is 0 Å². The summed E-state index contributed by atoms with van der Waals surface area (Å²) in [5.74, 6) is 6.79. The fourth-order valence-electron chi connectivity index (χ4n) is 4.34. The zero-order valence-corrected chi connectivity index (χ0v) is 19.8. The average molecular weight is 446 g/mol. The number of nitrogens with zero attached hydrogens (tertiary/aromatic N) is 2. The van der Waals surface area contributed by atoms with Crippen molar-refractivity contribution in [2.75, 3.05) is 20.2 Å². The summed E-state index contributed by atoms with van der Waals surface area (Å²) in [6.07, 6.45) is 10.1. The molecular weight excluding hydrogens is 406 g/mol. The van der Waals surface area contributed by atoms with Crippen molar-refractivity contribution in [1.29, 1.82) is 0 Å². The van der Waals surface area contributed by atoms with Gasteiger partial charge in [-0.1, -0.05) is 19.8 Å². The molecule has 2 aliphatic rings. The number of alkyl carbamates (subject to hydrolysis) is 1. The third kappa shape index (κ3) is 6.51. The number of nitrogens with two attached hydrogens (primary N) is 2. The van der Waals surface area contributed by atoms with Crippen LogP contribution in [0.25, 0.3) is 5.70 Å². The molecule has 8 heteroatoms. The molecule has 1 aromatic heterocycles. The molecule has 2 fully saturated rings. The van der Waals surface area contributed by atoms with Gasteiger partial charge in [0.05, 0.1) is 42.0 Å². The van der Waals surface area contributed by atoms with Crippen molar-refractivity contribution < 1.29 is 14.3 Å². The molecule has 2 saturated carbocycles. The fourth-order valence-corrected chi connectivity index (χ4v) is 4.34. The van der Waals surface area contributed by atoms with Gasteiger partial charge in [-0.05, 0) is 64.0 Å². The molecule has 0 aliphatic heterocycles. The Kier molecular flexibility index (Phi) is 8.23. The first-order chi connectivity index (χ1) is 15.3. The van der Waals surface area contributed by atoms with Crippen LogP contribution in [0.3, 0.4) is 0 Å². The Bertz CT molecular complexity index is 814. The fraction of sp³-hybridized carbons (Fsp3) is 0.667. The lowest BCUT2D eigenvalue weighted by atomic mass is 9.98. The molecule has 0 radical (unpaired) electrons. The summed E-state index contributed by atoms with van der Waals surface area (Å²) in [5, 5.41) is 4.17. The number of likely N-dealkylation sites (N-methyl/N-ethyl adjacent to an activating group) is 1. The second kappa shape index (κ2) is 10.9. The Morgan fingerprint density at radius 2 is 2.00 bits per heavy atom. The SMILES string of the molecule is CCCC1(COC(=O)NC/C(=C(/N)c2ccc(OC3CCCCC3)c(C)n2)N(C)N)CC1. The number of nitrogens with one attached hydrogen (secondary N) is 1. The smallest absolute Gasteiger partial charge is 0.407 e. The van der Waals surface area contributed by atoms with E-state index in [1.54, 1.807) is 7.05 Å². The number of carbonyl (C=O) groups is 1. The zero-order valence-electron chi connectivity index (χ0n) is 19.8. The molecule has 0 spiro atoms. The largest absolute Gasteiger partial charge is 0.489 e. The molecule has 3 rings (SSSR count). The summed E-state index contributed by atoms with van der Waals surface area (Å²) in [7, 11) is 1.68. The van der Waals surface area contributed by atoms with E-state index < -0.39 is 6.09 Å². The summed E-state index contributed by atoms with van der Waals surface area (Å²) >= 11 is 0. The van der Waals surface area contributed by atoms with Crippen molar-refractivity contribution in [1.82, 2.24) is 15.3 Å². The lowest BCUT2D eigenvalue weighted by Gasteiger charge is -2.24. The van der Waals surface area contributed by atoms with Crippen LogP contribution >= 0.6 is 0 Å². The molecule has 0 saturated heterocycles. The van der Waals surface area contributed by atoms with Crippen LogP contribution in [0.1, 0.15) is 76.1 Å². The van der Waals surface area contributed by atoms with Gasteiger partial charge in [-0.2, -0.15) is 0 Å². The minimum absolute atomic E-state index is 0.152. The van der Waals surface area contributed by atoms with E-state index in [1.165, 1.54) is 24.3 Å². The van der Waals surface area contributed by atoms with Crippen LogP contribution in [0.4, 0.5) is 4.79 Å². The quantitative estimate of drug-likeness (QED) is 0.370. The highest BCUT2D eigenvalue weighted by atomic mass is 16.5. The minimum Gasteiger partial charge on any atom is -0.489 e. The van der Waals surface area contributed by atoms with E-state index in [0.29, 0.717) is 23.7 Å². The van der Waals surface area contributed by atoms with Gasteiger partial charge in [0.25, 0.3) is 0 Å². The van der Waals surface area contributed by atoms with E-state index in [1.807, 2.05) is 19.1 Å². The molecule has 1 amide bonds. The van der Waals surface area contributed by atoms with Crippen LogP contribution in [-0.4, -0.2) is 42.4 Å². The third-order valence-corrected chi connectivity index (χ3v) is 6.54. The van der Waals surface area contributed by atoms with Crippen molar-refractivity contribution in [3.63, 3.8) is 0 Å². The highest BCUT2D eigenvalue weighted by Gasteiger charge is 2.42. The lowest BCUT2D eigenvalue weighted by molar-refractivity contribution is 0.118. The van der Waals surface area contributed by atoms with Gasteiger partial charge in [-0.15, -0.1) is 0 Å². The van der Waals surface area contributed by atoms with E-state index in [9.17, 15) is 4.79 Å². The average Bonchev–Trinajstić information content (AvgIpc) is 3.54. The first-order valence-corrected chi connectivity index (χ1v) is 11.9. The van der Waals surface area contributed by atoms with E-state index in [-0.39, 0.29) is 18.1 Å². The predicted octanol–water partition coefficient (Wildman–Crippen LogP) is 3.84. The van der Waals surface area contributed by atoms with Crippen LogP contribution in [0.5, 0.6) is 5.75 Å². The Morgan fingerprint density at radius 3 is 2.59 bits per heavy atom. The number of hydrogen-bond donors (Lipinski definition) is 3. The Hall–Kier alpha value is -2.48. The Morgan fingerprint density at radius 1 is 1.28 bits per heavy atom. The van der Waals surface area contributed by atoms with Crippen molar-refractivity contribution >= 4 is 11.8 Å². The first kappa shape index (κ1) is 24.2. The molecule has 0 unspecified atom stereocenters. The summed E-state index contributed by atoms with van der Waals surface area (Å²) in [5.41, 5.74) is 8.93. The monoisotopic (exact) mass is 445 g/mol. The highest BCUT2D eigenvalue weighted by molar-refractivity contribution is 5.69. The summed E-state index contributed by atoms with van der Waals surface area (Å²) in [4.78, 5) is 16.8. The molecule has 8 nitrogen and oxygen atoms in total. The number of ether oxygens (including phenoxy) is 2. The molecule has 0 atom stereocenters. The molecule has 2 aliphatic carbocycles. The van der Waals surface area contributed by atoms with Crippen molar-refractivity contribution in [3.8, 4) is 5.75 Å². The highest BCUT2D eigenvalue weighted by Crippen LogP contribution is 2.49. The molecule has 1 aromatic rings. The number of amides is 1. The van der Waals surface area contributed by atoms with Crippen LogP contribution in [-0.2, 0) is 4.74 Å². The van der Waals surface area contributed by atoms with Gasteiger partial charge in [-0.3, -0.25) is 0 Å². The summed E-state index contributed by atoms with van der Waals surface area (Å²) in [6.45, 7) is 4.68. The maximum atomic E-state index is 12.2. The van der Waals surface area contributed by atoms with E-state index in [4.69, 9.17) is 21.1 Å². The van der Waals surface area contributed by atoms with Gasteiger partial charge >= 0.3 is 6.09 Å². The molecule has 178 valence electrons. The number of rotatable bonds is 10. The van der Waals surface area contributed by atoms with Gasteiger partial charge in [0.2, 0.25) is 0 Å². The van der Waals surface area contributed by atoms with Crippen molar-refractivity contribution in [3.05, 3.63) is 29.2 Å². The van der Waals surface area contributed by atoms with E-state index in [2.05, 4.69) is 17.2 Å². The lowest BCUT2D eigenvalue weighted by Crippen LogP contribution is -2.37. The molecule has 0 aromatic carbocycles. The second-order valence-electron chi connectivity index (χ2n) is 9.31. The minimum atomic E-state index is -0.458.